The standard InChI is InChI=1S/C33H71O6P3S6/c1-12-14-16-18-20-22-24-32(26-47-41(44,34-28(3)4)35-29(5)6)38-40(43,46-11)39-33(25-23-21-19-17-15-13-2)27-48-42(45,36-30(7)8)37-31(9)10/h28-33H,12-27H2,1-11H3. The molecule has 2 unspecified atom stereocenters. The minimum atomic E-state index is -2.70. The third-order valence-electron chi connectivity index (χ3n) is 6.74. The van der Waals surface area contributed by atoms with Crippen LogP contribution in [0.2, 0.25) is 0 Å². The molecule has 15 heteroatoms. The van der Waals surface area contributed by atoms with Crippen LogP contribution in [0.3, 0.4) is 0 Å². The van der Waals surface area contributed by atoms with E-state index in [0.717, 1.165) is 25.7 Å². The Balaban J connectivity index is 6.00. The van der Waals surface area contributed by atoms with Crippen molar-refractivity contribution in [2.45, 2.75) is 196 Å². The summed E-state index contributed by atoms with van der Waals surface area (Å²) >= 11 is 23.0. The maximum atomic E-state index is 6.89. The van der Waals surface area contributed by atoms with Crippen molar-refractivity contribution in [3.05, 3.63) is 0 Å². The van der Waals surface area contributed by atoms with Crippen molar-refractivity contribution in [1.82, 2.24) is 0 Å². The van der Waals surface area contributed by atoms with Crippen molar-refractivity contribution in [1.29, 1.82) is 0 Å². The van der Waals surface area contributed by atoms with Crippen LogP contribution in [0.4, 0.5) is 0 Å². The molecule has 0 fully saturated rings. The van der Waals surface area contributed by atoms with E-state index < -0.39 is 17.1 Å². The zero-order valence-electron chi connectivity index (χ0n) is 32.0. The SMILES string of the molecule is CCCCCCCCC(CSP(=S)(OC(C)C)OC(C)C)OP(=S)(OC(CCCCCCCC)CSP(=S)(OC(C)C)OC(C)C)SC. The van der Waals surface area contributed by atoms with Gasteiger partial charge in [-0.15, -0.1) is 0 Å². The van der Waals surface area contributed by atoms with Gasteiger partial charge in [0.05, 0.1) is 36.6 Å². The molecule has 0 saturated carbocycles. The average Bonchev–Trinajstić information content (AvgIpc) is 2.96. The first kappa shape index (κ1) is 50.8. The van der Waals surface area contributed by atoms with E-state index in [1.54, 1.807) is 34.1 Å². The van der Waals surface area contributed by atoms with Crippen molar-refractivity contribution in [2.24, 2.45) is 0 Å². The van der Waals surface area contributed by atoms with Crippen LogP contribution in [0.15, 0.2) is 0 Å². The highest BCUT2D eigenvalue weighted by atomic mass is 32.9. The molecule has 0 saturated heterocycles. The van der Waals surface area contributed by atoms with Crippen LogP contribution < -0.4 is 0 Å². The lowest BCUT2D eigenvalue weighted by Crippen LogP contribution is -2.20. The van der Waals surface area contributed by atoms with Gasteiger partial charge >= 0.3 is 0 Å². The van der Waals surface area contributed by atoms with E-state index in [9.17, 15) is 0 Å². The molecule has 0 rings (SSSR count). The van der Waals surface area contributed by atoms with Gasteiger partial charge in [0, 0.05) is 11.5 Å². The van der Waals surface area contributed by atoms with Crippen LogP contribution in [0.5, 0.6) is 0 Å². The second-order valence-electron chi connectivity index (χ2n) is 13.3. The smallest absolute Gasteiger partial charge is 0.247 e. The van der Waals surface area contributed by atoms with Crippen LogP contribution in [0.1, 0.15) is 159 Å². The fourth-order valence-corrected chi connectivity index (χ4v) is 19.8. The molecule has 0 heterocycles. The summed E-state index contributed by atoms with van der Waals surface area (Å²) in [7, 11) is 0. The minimum Gasteiger partial charge on any atom is -0.319 e. The zero-order valence-corrected chi connectivity index (χ0v) is 39.6. The molecular weight excluding hydrogens is 778 g/mol. The monoisotopic (exact) mass is 848 g/mol. The molecule has 0 aromatic carbocycles. The number of rotatable bonds is 33. The van der Waals surface area contributed by atoms with Crippen molar-refractivity contribution >= 4 is 86.6 Å². The van der Waals surface area contributed by atoms with Gasteiger partial charge in [0.25, 0.3) is 0 Å². The maximum Gasteiger partial charge on any atom is 0.247 e. The molecule has 0 bridgehead atoms. The predicted octanol–water partition coefficient (Wildman–Crippen LogP) is 14.5. The minimum absolute atomic E-state index is 0.0148. The summed E-state index contributed by atoms with van der Waals surface area (Å²) in [5.74, 6) is 1.33. The fourth-order valence-electron chi connectivity index (χ4n) is 4.67. The van der Waals surface area contributed by atoms with Crippen LogP contribution in [0.25, 0.3) is 0 Å². The molecule has 0 aromatic rings. The maximum absolute atomic E-state index is 6.89. The molecule has 2 atom stereocenters. The summed E-state index contributed by atoms with van der Waals surface area (Å²) < 4.78 is 38.6. The molecular formula is C33H71O6P3S6. The quantitative estimate of drug-likeness (QED) is 0.0467. The molecule has 0 spiro atoms. The first-order valence-electron chi connectivity index (χ1n) is 18.3. The number of hydrogen-bond donors (Lipinski definition) is 0. The van der Waals surface area contributed by atoms with Gasteiger partial charge in [0.1, 0.15) is 0 Å². The molecule has 48 heavy (non-hydrogen) atoms. The Kier molecular flexibility index (Phi) is 30.8. The molecule has 6 nitrogen and oxygen atoms in total. The third-order valence-corrected chi connectivity index (χ3v) is 23.2. The topological polar surface area (TPSA) is 55.4 Å². The Morgan fingerprint density at radius 1 is 0.438 bits per heavy atom. The van der Waals surface area contributed by atoms with E-state index in [1.807, 2.05) is 61.6 Å². The van der Waals surface area contributed by atoms with Gasteiger partial charge in [0.15, 0.2) is 0 Å². The second kappa shape index (κ2) is 29.1. The van der Waals surface area contributed by atoms with Gasteiger partial charge < -0.3 is 27.1 Å². The molecule has 290 valence electrons. The Bertz CT molecular complexity index is 848. The summed E-state index contributed by atoms with van der Waals surface area (Å²) in [5.41, 5.74) is -7.82. The molecule has 0 aromatic heterocycles. The molecule has 0 aliphatic rings. The van der Waals surface area contributed by atoms with Crippen LogP contribution >= 0.6 is 51.2 Å². The van der Waals surface area contributed by atoms with Crippen LogP contribution in [0, 0.1) is 0 Å². The first-order chi connectivity index (χ1) is 22.5. The Hall–Kier alpha value is 2.76. The number of unbranched alkanes of at least 4 members (excludes halogenated alkanes) is 10. The van der Waals surface area contributed by atoms with Gasteiger partial charge in [-0.3, -0.25) is 0 Å². The molecule has 0 N–H and O–H groups in total. The predicted molar refractivity (Wildman–Crippen MR) is 232 cm³/mol. The summed E-state index contributed by atoms with van der Waals surface area (Å²) in [6.07, 6.45) is 18.2. The van der Waals surface area contributed by atoms with Crippen molar-refractivity contribution < 1.29 is 27.1 Å². The highest BCUT2D eigenvalue weighted by molar-refractivity contribution is 8.68. The normalized spacial score (nSPS) is 15.6. The molecule has 0 aliphatic carbocycles. The van der Waals surface area contributed by atoms with Gasteiger partial charge in [-0.05, 0) is 110 Å². The van der Waals surface area contributed by atoms with Gasteiger partial charge in [-0.25, -0.2) is 0 Å². The van der Waals surface area contributed by atoms with E-state index >= 15 is 0 Å². The molecule has 0 aliphatic heterocycles. The second-order valence-corrected chi connectivity index (χ2v) is 32.2. The fraction of sp³-hybridized carbons (Fsp3) is 1.00. The van der Waals surface area contributed by atoms with Gasteiger partial charge in [0.2, 0.25) is 17.1 Å². The average molecular weight is 849 g/mol. The Morgan fingerprint density at radius 3 is 1.00 bits per heavy atom. The lowest BCUT2D eigenvalue weighted by Gasteiger charge is -2.32. The van der Waals surface area contributed by atoms with Crippen LogP contribution in [-0.2, 0) is 62.6 Å². The Morgan fingerprint density at radius 2 is 0.729 bits per heavy atom. The zero-order chi connectivity index (χ0) is 36.6. The van der Waals surface area contributed by atoms with E-state index in [0.29, 0.717) is 11.5 Å². The van der Waals surface area contributed by atoms with Crippen molar-refractivity contribution in [3.8, 4) is 0 Å². The van der Waals surface area contributed by atoms with E-state index in [-0.39, 0.29) is 36.6 Å². The largest absolute Gasteiger partial charge is 0.319 e. The summed E-state index contributed by atoms with van der Waals surface area (Å²) in [4.78, 5) is 0. The lowest BCUT2D eigenvalue weighted by atomic mass is 10.1. The van der Waals surface area contributed by atoms with E-state index in [2.05, 4.69) is 13.8 Å². The van der Waals surface area contributed by atoms with Crippen molar-refractivity contribution in [3.63, 3.8) is 0 Å². The summed E-state index contributed by atoms with van der Waals surface area (Å²) in [6.45, 7) is 20.6. The summed E-state index contributed by atoms with van der Waals surface area (Å²) in [5, 5.41) is 0. The third kappa shape index (κ3) is 27.4. The van der Waals surface area contributed by atoms with Gasteiger partial charge in [-0.2, -0.15) is 0 Å². The van der Waals surface area contributed by atoms with Crippen LogP contribution in [-0.4, -0.2) is 54.4 Å². The highest BCUT2D eigenvalue weighted by Gasteiger charge is 2.32. The number of hydrogen-bond acceptors (Lipinski definition) is 12. The first-order valence-corrected chi connectivity index (χ1v) is 31.2. The summed E-state index contributed by atoms with van der Waals surface area (Å²) in [6, 6.07) is 0. The van der Waals surface area contributed by atoms with E-state index in [4.69, 9.17) is 62.6 Å². The lowest BCUT2D eigenvalue weighted by molar-refractivity contribution is 0.158. The molecule has 0 amide bonds. The van der Waals surface area contributed by atoms with Gasteiger partial charge in [-0.1, -0.05) is 125 Å². The highest BCUT2D eigenvalue weighted by Crippen LogP contribution is 2.67. The van der Waals surface area contributed by atoms with Crippen molar-refractivity contribution in [2.75, 3.05) is 17.8 Å². The Labute approximate surface area is 325 Å². The van der Waals surface area contributed by atoms with E-state index in [1.165, 1.54) is 64.2 Å². The molecule has 0 radical (unpaired) electrons.